The molecule has 10 heteroatoms. The van der Waals surface area contributed by atoms with Crippen molar-refractivity contribution in [2.45, 2.75) is 57.1 Å². The molecule has 0 amide bonds. The van der Waals surface area contributed by atoms with Gasteiger partial charge in [0.15, 0.2) is 6.29 Å². The molecule has 3 nitrogen and oxygen atoms in total. The van der Waals surface area contributed by atoms with Gasteiger partial charge in [0.25, 0.3) is 0 Å². The number of ether oxygens (including phenoxy) is 3. The van der Waals surface area contributed by atoms with Crippen LogP contribution in [0.5, 0.6) is 5.75 Å². The molecule has 0 aromatic heterocycles. The van der Waals surface area contributed by atoms with Crippen LogP contribution >= 0.6 is 0 Å². The second kappa shape index (κ2) is 11.6. The smallest absolute Gasteiger partial charge is 0.419 e. The molecule has 0 spiro atoms. The third-order valence-corrected chi connectivity index (χ3v) is 7.72. The molecule has 0 N–H and O–H groups in total. The number of halogens is 7. The van der Waals surface area contributed by atoms with Gasteiger partial charge in [-0.15, -0.1) is 0 Å². The van der Waals surface area contributed by atoms with Crippen molar-refractivity contribution in [1.82, 2.24) is 0 Å². The average Bonchev–Trinajstić information content (AvgIpc) is 2.93. The lowest BCUT2D eigenvalue weighted by molar-refractivity contribution is -0.222. The lowest BCUT2D eigenvalue weighted by Gasteiger charge is -2.33. The van der Waals surface area contributed by atoms with Crippen LogP contribution in [0.15, 0.2) is 60.7 Å². The lowest BCUT2D eigenvalue weighted by Crippen LogP contribution is -2.37. The molecule has 1 aliphatic heterocycles. The Morgan fingerprint density at radius 3 is 1.95 bits per heavy atom. The zero-order valence-electron chi connectivity index (χ0n) is 22.2. The first-order chi connectivity index (χ1) is 19.4. The maximum absolute atomic E-state index is 15.2. The summed E-state index contributed by atoms with van der Waals surface area (Å²) in [7, 11) is 0. The monoisotopic (exact) mass is 582 g/mol. The summed E-state index contributed by atoms with van der Waals surface area (Å²) in [5.41, 5.74) is 1.24. The summed E-state index contributed by atoms with van der Waals surface area (Å²) in [5.74, 6) is -3.98. The highest BCUT2D eigenvalue weighted by atomic mass is 19.4. The summed E-state index contributed by atoms with van der Waals surface area (Å²) in [6.07, 6.45) is -8.53. The Morgan fingerprint density at radius 2 is 1.37 bits per heavy atom. The molecule has 0 unspecified atom stereocenters. The maximum atomic E-state index is 15.2. The highest BCUT2D eigenvalue weighted by Crippen LogP contribution is 2.44. The standard InChI is InChI=1S/C31H29F7O3/c1-18-16-39-29(40-17-18)21-4-2-19(3-5-21)22-8-12-25(27(32)14-22)20-6-9-23(10-7-20)31(37,38)41-24-11-13-26(28(33)15-24)30(34,35)36/h2-5,8,11-15,18,20,23,29H,6-7,9-10,16-17H2,1H3. The van der Waals surface area contributed by atoms with Gasteiger partial charge in [0.05, 0.1) is 24.7 Å². The van der Waals surface area contributed by atoms with Crippen LogP contribution in [-0.4, -0.2) is 19.3 Å². The first kappa shape index (κ1) is 29.4. The van der Waals surface area contributed by atoms with Gasteiger partial charge in [0, 0.05) is 17.5 Å². The molecule has 41 heavy (non-hydrogen) atoms. The molecule has 2 aliphatic rings. The number of alkyl halides is 5. The third kappa shape index (κ3) is 6.70. The van der Waals surface area contributed by atoms with E-state index in [0.717, 1.165) is 11.1 Å². The summed E-state index contributed by atoms with van der Waals surface area (Å²) < 4.78 is 113. The fraction of sp³-hybridized carbons (Fsp3) is 0.419. The SMILES string of the molecule is CC1COC(c2ccc(-c3ccc(C4CCC(C(F)(F)Oc5ccc(C(F)(F)F)c(F)c5)CC4)c(F)c3)cc2)OC1. The Labute approximate surface area is 233 Å². The minimum Gasteiger partial charge on any atom is -0.432 e. The summed E-state index contributed by atoms with van der Waals surface area (Å²) in [6.45, 7) is 3.28. The Balaban J connectivity index is 1.19. The van der Waals surface area contributed by atoms with E-state index in [2.05, 4.69) is 4.74 Å². The van der Waals surface area contributed by atoms with E-state index in [1.54, 1.807) is 12.1 Å². The summed E-state index contributed by atoms with van der Waals surface area (Å²) in [4.78, 5) is 0. The zero-order valence-corrected chi connectivity index (χ0v) is 22.2. The van der Waals surface area contributed by atoms with Gasteiger partial charge < -0.3 is 14.2 Å². The van der Waals surface area contributed by atoms with E-state index < -0.39 is 47.4 Å². The quantitative estimate of drug-likeness (QED) is 0.271. The first-order valence-electron chi connectivity index (χ1n) is 13.5. The Hall–Kier alpha value is -3.11. The van der Waals surface area contributed by atoms with E-state index in [9.17, 15) is 26.3 Å². The first-order valence-corrected chi connectivity index (χ1v) is 13.5. The van der Waals surface area contributed by atoms with E-state index in [0.29, 0.717) is 48.5 Å². The fourth-order valence-corrected chi connectivity index (χ4v) is 5.43. The van der Waals surface area contributed by atoms with Crippen LogP contribution < -0.4 is 4.74 Å². The summed E-state index contributed by atoms with van der Waals surface area (Å²) >= 11 is 0. The maximum Gasteiger partial charge on any atom is 0.419 e. The van der Waals surface area contributed by atoms with Crippen molar-refractivity contribution in [2.75, 3.05) is 13.2 Å². The van der Waals surface area contributed by atoms with Gasteiger partial charge in [-0.05, 0) is 66.5 Å². The minimum absolute atomic E-state index is 0.00746. The number of hydrogen-bond donors (Lipinski definition) is 0. The highest BCUT2D eigenvalue weighted by Gasteiger charge is 2.45. The van der Waals surface area contributed by atoms with Crippen molar-refractivity contribution in [1.29, 1.82) is 0 Å². The molecule has 3 aromatic rings. The van der Waals surface area contributed by atoms with Gasteiger partial charge in [0.2, 0.25) is 0 Å². The largest absolute Gasteiger partial charge is 0.432 e. The van der Waals surface area contributed by atoms with E-state index in [4.69, 9.17) is 9.47 Å². The molecule has 1 saturated heterocycles. The van der Waals surface area contributed by atoms with Gasteiger partial charge in [-0.3, -0.25) is 0 Å². The van der Waals surface area contributed by atoms with Gasteiger partial charge >= 0.3 is 12.3 Å². The molecule has 1 aliphatic carbocycles. The lowest BCUT2D eigenvalue weighted by atomic mass is 9.77. The van der Waals surface area contributed by atoms with E-state index in [1.165, 1.54) is 6.07 Å². The third-order valence-electron chi connectivity index (χ3n) is 7.72. The molecule has 5 rings (SSSR count). The number of rotatable bonds is 6. The van der Waals surface area contributed by atoms with Crippen LogP contribution in [0.1, 0.15) is 61.5 Å². The molecule has 0 radical (unpaired) electrons. The molecular weight excluding hydrogens is 553 g/mol. The van der Waals surface area contributed by atoms with Crippen molar-refractivity contribution >= 4 is 0 Å². The highest BCUT2D eigenvalue weighted by molar-refractivity contribution is 5.64. The van der Waals surface area contributed by atoms with Crippen LogP contribution in [0.2, 0.25) is 0 Å². The predicted octanol–water partition coefficient (Wildman–Crippen LogP) is 9.28. The Kier molecular flexibility index (Phi) is 8.34. The molecular formula is C31H29F7O3. The van der Waals surface area contributed by atoms with Crippen LogP contribution in [0, 0.1) is 23.5 Å². The van der Waals surface area contributed by atoms with Gasteiger partial charge in [-0.25, -0.2) is 8.78 Å². The molecule has 2 fully saturated rings. The van der Waals surface area contributed by atoms with Crippen molar-refractivity contribution < 1.29 is 44.9 Å². The topological polar surface area (TPSA) is 27.7 Å². The van der Waals surface area contributed by atoms with Crippen molar-refractivity contribution in [3.8, 4) is 16.9 Å². The predicted molar refractivity (Wildman–Crippen MR) is 137 cm³/mol. The van der Waals surface area contributed by atoms with Gasteiger partial charge in [-0.2, -0.15) is 22.0 Å². The zero-order chi connectivity index (χ0) is 29.4. The second-order valence-corrected chi connectivity index (χ2v) is 10.8. The van der Waals surface area contributed by atoms with Crippen molar-refractivity contribution in [3.05, 3.63) is 89.0 Å². The average molecular weight is 583 g/mol. The second-order valence-electron chi connectivity index (χ2n) is 10.8. The molecule has 0 atom stereocenters. The van der Waals surface area contributed by atoms with E-state index in [1.807, 2.05) is 31.2 Å². The normalized spacial score (nSPS) is 23.8. The summed E-state index contributed by atoms with van der Waals surface area (Å²) in [6, 6.07) is 13.8. The Bertz CT molecular complexity index is 1340. The van der Waals surface area contributed by atoms with Crippen LogP contribution in [0.3, 0.4) is 0 Å². The molecule has 3 aromatic carbocycles. The molecule has 1 heterocycles. The van der Waals surface area contributed by atoms with Gasteiger partial charge in [0.1, 0.15) is 17.4 Å². The van der Waals surface area contributed by atoms with Crippen molar-refractivity contribution in [2.24, 2.45) is 11.8 Å². The van der Waals surface area contributed by atoms with Gasteiger partial charge in [-0.1, -0.05) is 43.3 Å². The fourth-order valence-electron chi connectivity index (χ4n) is 5.43. The number of benzene rings is 3. The summed E-state index contributed by atoms with van der Waals surface area (Å²) in [5, 5.41) is 0. The van der Waals surface area contributed by atoms with E-state index in [-0.39, 0.29) is 31.6 Å². The number of hydrogen-bond acceptors (Lipinski definition) is 3. The minimum atomic E-state index is -4.94. The van der Waals surface area contributed by atoms with Crippen molar-refractivity contribution in [3.63, 3.8) is 0 Å². The van der Waals surface area contributed by atoms with Crippen LogP contribution in [-0.2, 0) is 15.7 Å². The molecule has 0 bridgehead atoms. The Morgan fingerprint density at radius 1 is 0.732 bits per heavy atom. The van der Waals surface area contributed by atoms with Crippen LogP contribution in [0.25, 0.3) is 11.1 Å². The van der Waals surface area contributed by atoms with E-state index >= 15 is 4.39 Å². The van der Waals surface area contributed by atoms with Crippen LogP contribution in [0.4, 0.5) is 30.7 Å². The molecule has 1 saturated carbocycles. The molecule has 220 valence electrons.